The second kappa shape index (κ2) is 7.89. The molecule has 1 spiro atoms. The number of phenolic OH excluding ortho intramolecular Hbond substituents is 1. The maximum absolute atomic E-state index is 13.1. The van der Waals surface area contributed by atoms with Gasteiger partial charge in [-0.05, 0) is 56.2 Å². The van der Waals surface area contributed by atoms with Crippen molar-refractivity contribution in [3.05, 3.63) is 29.8 Å². The summed E-state index contributed by atoms with van der Waals surface area (Å²) in [6.45, 7) is 0. The molecule has 11 atom stereocenters. The van der Waals surface area contributed by atoms with E-state index < -0.39 is 28.7 Å². The second-order valence-electron chi connectivity index (χ2n) is 11.5. The molecule has 1 aromatic carbocycles. The van der Waals surface area contributed by atoms with Crippen LogP contribution in [0.2, 0.25) is 0 Å². The summed E-state index contributed by atoms with van der Waals surface area (Å²) in [4.78, 5) is 13.1. The summed E-state index contributed by atoms with van der Waals surface area (Å²) in [7, 11) is 5.00. The Bertz CT molecular complexity index is 1010. The van der Waals surface area contributed by atoms with Gasteiger partial charge in [0.25, 0.3) is 0 Å². The second-order valence-corrected chi connectivity index (χ2v) is 11.5. The summed E-state index contributed by atoms with van der Waals surface area (Å²) in [5.41, 5.74) is -2.87. The van der Waals surface area contributed by atoms with Crippen LogP contribution in [-0.4, -0.2) is 78.2 Å². The van der Waals surface area contributed by atoms with Crippen molar-refractivity contribution in [3.8, 4) is 5.75 Å². The third kappa shape index (κ3) is 2.83. The number of methoxy groups -OCH3 is 3. The van der Waals surface area contributed by atoms with Crippen LogP contribution in [-0.2, 0) is 18.9 Å². The molecule has 4 bridgehead atoms. The Hall–Kier alpha value is -1.71. The molecular formula is C27H36O8. The summed E-state index contributed by atoms with van der Waals surface area (Å²) >= 11 is 0. The van der Waals surface area contributed by atoms with Gasteiger partial charge in [0.1, 0.15) is 23.1 Å². The van der Waals surface area contributed by atoms with E-state index in [1.54, 1.807) is 33.5 Å². The van der Waals surface area contributed by atoms with Gasteiger partial charge in [0.05, 0.1) is 23.9 Å². The van der Waals surface area contributed by atoms with Crippen molar-refractivity contribution in [1.29, 1.82) is 0 Å². The van der Waals surface area contributed by atoms with Crippen molar-refractivity contribution in [2.45, 2.75) is 74.1 Å². The average molecular weight is 489 g/mol. The number of carbonyl (C=O) groups is 1. The van der Waals surface area contributed by atoms with Crippen molar-refractivity contribution >= 4 is 5.97 Å². The van der Waals surface area contributed by atoms with Crippen LogP contribution in [0.3, 0.4) is 0 Å². The Morgan fingerprint density at radius 3 is 2.49 bits per heavy atom. The summed E-state index contributed by atoms with van der Waals surface area (Å²) in [5.74, 6) is -0.958. The Labute approximate surface area is 205 Å². The number of benzene rings is 1. The smallest absolute Gasteiger partial charge is 0.338 e. The molecule has 0 heterocycles. The maximum Gasteiger partial charge on any atom is 0.338 e. The Morgan fingerprint density at radius 1 is 1.00 bits per heavy atom. The minimum absolute atomic E-state index is 0.0170. The van der Waals surface area contributed by atoms with Gasteiger partial charge in [-0.1, -0.05) is 6.07 Å². The first-order chi connectivity index (χ1) is 16.7. The normalized spacial score (nSPS) is 49.5. The quantitative estimate of drug-likeness (QED) is 0.541. The highest BCUT2D eigenvalue weighted by molar-refractivity contribution is 5.90. The largest absolute Gasteiger partial charge is 0.508 e. The molecular weight excluding hydrogens is 452 g/mol. The molecule has 0 aliphatic heterocycles. The molecule has 192 valence electrons. The topological polar surface area (TPSA) is 115 Å². The summed E-state index contributed by atoms with van der Waals surface area (Å²) in [5, 5.41) is 34.5. The SMILES string of the molecule is CO[C@H]1C[C@]2(O)[C@H]3CC4[C@@H](OC(=O)c5cccc(O)c5)CC[C@H](OC)[C@@]4(C3)C3C[C@H]1[C@H](OC)[C@@]32O. The lowest BCUT2D eigenvalue weighted by Gasteiger charge is -2.62. The van der Waals surface area contributed by atoms with Gasteiger partial charge < -0.3 is 34.3 Å². The van der Waals surface area contributed by atoms with Gasteiger partial charge in [0, 0.05) is 50.9 Å². The molecule has 5 fully saturated rings. The van der Waals surface area contributed by atoms with Gasteiger partial charge in [-0.25, -0.2) is 4.79 Å². The third-order valence-electron chi connectivity index (χ3n) is 10.6. The van der Waals surface area contributed by atoms with Crippen LogP contribution in [0.15, 0.2) is 24.3 Å². The van der Waals surface area contributed by atoms with Crippen molar-refractivity contribution < 1.29 is 39.1 Å². The van der Waals surface area contributed by atoms with Gasteiger partial charge in [-0.3, -0.25) is 0 Å². The predicted molar refractivity (Wildman–Crippen MR) is 124 cm³/mol. The van der Waals surface area contributed by atoms with E-state index in [1.807, 2.05) is 0 Å². The van der Waals surface area contributed by atoms with Crippen molar-refractivity contribution in [3.63, 3.8) is 0 Å². The highest BCUT2D eigenvalue weighted by Crippen LogP contribution is 2.76. The van der Waals surface area contributed by atoms with Crippen molar-refractivity contribution in [2.75, 3.05) is 21.3 Å². The molecule has 0 radical (unpaired) electrons. The zero-order valence-electron chi connectivity index (χ0n) is 20.6. The van der Waals surface area contributed by atoms with Crippen molar-refractivity contribution in [2.24, 2.45) is 29.1 Å². The lowest BCUT2D eigenvalue weighted by molar-refractivity contribution is -0.308. The number of hydrogen-bond acceptors (Lipinski definition) is 8. The van der Waals surface area contributed by atoms with Crippen LogP contribution in [0.4, 0.5) is 0 Å². The number of rotatable bonds is 5. The zero-order chi connectivity index (χ0) is 24.8. The van der Waals surface area contributed by atoms with E-state index in [1.165, 1.54) is 12.1 Å². The first-order valence-electron chi connectivity index (χ1n) is 12.8. The van der Waals surface area contributed by atoms with E-state index in [0.717, 1.165) is 6.42 Å². The minimum Gasteiger partial charge on any atom is -0.508 e. The number of phenols is 1. The number of aliphatic hydroxyl groups is 2. The number of aromatic hydroxyl groups is 1. The first kappa shape index (κ1) is 23.7. The van der Waals surface area contributed by atoms with Crippen LogP contribution in [0.1, 0.15) is 48.9 Å². The van der Waals surface area contributed by atoms with Crippen LogP contribution in [0, 0.1) is 29.1 Å². The fourth-order valence-electron chi connectivity index (χ4n) is 9.50. The van der Waals surface area contributed by atoms with E-state index in [2.05, 4.69) is 0 Å². The molecule has 2 unspecified atom stereocenters. The Morgan fingerprint density at radius 2 is 1.80 bits per heavy atom. The molecule has 8 nitrogen and oxygen atoms in total. The molecule has 6 rings (SSSR count). The summed E-state index contributed by atoms with van der Waals surface area (Å²) in [6.07, 6.45) is 2.60. The van der Waals surface area contributed by atoms with E-state index in [9.17, 15) is 20.1 Å². The molecule has 5 aliphatic carbocycles. The molecule has 1 aromatic rings. The molecule has 0 saturated heterocycles. The lowest BCUT2D eigenvalue weighted by Crippen LogP contribution is -2.75. The van der Waals surface area contributed by atoms with E-state index in [0.29, 0.717) is 37.7 Å². The average Bonchev–Trinajstić information content (AvgIpc) is 3.37. The number of hydrogen-bond donors (Lipinski definition) is 3. The molecule has 0 aromatic heterocycles. The molecule has 3 N–H and O–H groups in total. The maximum atomic E-state index is 13.1. The fraction of sp³-hybridized carbons (Fsp3) is 0.741. The van der Waals surface area contributed by atoms with Crippen molar-refractivity contribution in [1.82, 2.24) is 0 Å². The minimum atomic E-state index is -1.41. The number of ether oxygens (including phenoxy) is 4. The van der Waals surface area contributed by atoms with E-state index >= 15 is 0 Å². The summed E-state index contributed by atoms with van der Waals surface area (Å²) < 4.78 is 23.9. The lowest BCUT2D eigenvalue weighted by atomic mass is 9.49. The molecule has 0 amide bonds. The van der Waals surface area contributed by atoms with Gasteiger partial charge >= 0.3 is 5.97 Å². The van der Waals surface area contributed by atoms with Crippen LogP contribution in [0.5, 0.6) is 5.75 Å². The molecule has 5 saturated carbocycles. The Kier molecular flexibility index (Phi) is 5.34. The number of carbonyl (C=O) groups excluding carboxylic acids is 1. The highest BCUT2D eigenvalue weighted by Gasteiger charge is 2.83. The van der Waals surface area contributed by atoms with Gasteiger partial charge in [-0.15, -0.1) is 0 Å². The van der Waals surface area contributed by atoms with Gasteiger partial charge in [0.15, 0.2) is 0 Å². The van der Waals surface area contributed by atoms with Crippen LogP contribution >= 0.6 is 0 Å². The standard InChI is InChI=1S/C27H36O8/c1-32-20-13-26(30)15-10-18-19(35-24(29)14-5-4-6-16(28)9-14)7-8-22(33-2)25(18,12-15)21-11-17(20)23(34-3)27(21,26)31/h4-6,9,15,17-23,28,30-31H,7-8,10-13H2,1-3H3/t15-,17+,18?,19-,20-,21?,22-,23-,25+,26-,27-/m0/s1. The molecule has 35 heavy (non-hydrogen) atoms. The molecule has 5 aliphatic rings. The number of fused-ring (bicyclic) bond motifs is 3. The van der Waals surface area contributed by atoms with Gasteiger partial charge in [-0.2, -0.15) is 0 Å². The van der Waals surface area contributed by atoms with Crippen LogP contribution in [0.25, 0.3) is 0 Å². The number of esters is 1. The highest BCUT2D eigenvalue weighted by atomic mass is 16.5. The molecule has 8 heteroatoms. The third-order valence-corrected chi connectivity index (χ3v) is 10.6. The predicted octanol–water partition coefficient (Wildman–Crippen LogP) is 2.28. The zero-order valence-corrected chi connectivity index (χ0v) is 20.6. The summed E-state index contributed by atoms with van der Waals surface area (Å²) in [6, 6.07) is 6.19. The Balaban J connectivity index is 1.41. The van der Waals surface area contributed by atoms with Crippen LogP contribution < -0.4 is 0 Å². The van der Waals surface area contributed by atoms with E-state index in [4.69, 9.17) is 18.9 Å². The fourth-order valence-corrected chi connectivity index (χ4v) is 9.50. The monoisotopic (exact) mass is 488 g/mol. The van der Waals surface area contributed by atoms with E-state index in [-0.39, 0.29) is 47.7 Å². The van der Waals surface area contributed by atoms with Gasteiger partial charge in [0.2, 0.25) is 0 Å². The first-order valence-corrected chi connectivity index (χ1v) is 12.8.